The summed E-state index contributed by atoms with van der Waals surface area (Å²) in [6.45, 7) is 6.65. The molecule has 1 atom stereocenters. The van der Waals surface area contributed by atoms with E-state index in [1.54, 1.807) is 5.57 Å². The molecular formula is C15H23N3O. The standard InChI is InChI=1S/C15H23N3O/c1-10(16-9-8-13-6-4-5-7-13)14-11(2)17-12(3)18-15(14)19/h6,10,16H,4-5,7-9H2,1-3H3,(H,17,18,19). The second-order valence-electron chi connectivity index (χ2n) is 5.33. The molecule has 4 nitrogen and oxygen atoms in total. The van der Waals surface area contributed by atoms with Gasteiger partial charge in [-0.2, -0.15) is 0 Å². The Hall–Kier alpha value is -1.42. The number of aryl methyl sites for hydroxylation is 2. The van der Waals surface area contributed by atoms with Gasteiger partial charge in [-0.25, -0.2) is 4.98 Å². The molecule has 104 valence electrons. The molecular weight excluding hydrogens is 238 g/mol. The zero-order valence-electron chi connectivity index (χ0n) is 12.0. The molecule has 0 bridgehead atoms. The van der Waals surface area contributed by atoms with Crippen LogP contribution in [0.15, 0.2) is 16.4 Å². The van der Waals surface area contributed by atoms with E-state index in [2.05, 4.69) is 21.4 Å². The van der Waals surface area contributed by atoms with E-state index in [1.165, 1.54) is 19.3 Å². The molecule has 1 heterocycles. The van der Waals surface area contributed by atoms with Gasteiger partial charge in [0, 0.05) is 11.7 Å². The van der Waals surface area contributed by atoms with Crippen LogP contribution in [0.2, 0.25) is 0 Å². The highest BCUT2D eigenvalue weighted by molar-refractivity contribution is 5.20. The van der Waals surface area contributed by atoms with E-state index >= 15 is 0 Å². The number of nitrogens with zero attached hydrogens (tertiary/aromatic N) is 1. The van der Waals surface area contributed by atoms with Crippen LogP contribution in [0.4, 0.5) is 0 Å². The van der Waals surface area contributed by atoms with Gasteiger partial charge in [-0.05, 0) is 53.0 Å². The van der Waals surface area contributed by atoms with Gasteiger partial charge in [0.25, 0.3) is 5.56 Å². The molecule has 0 spiro atoms. The predicted molar refractivity (Wildman–Crippen MR) is 77.3 cm³/mol. The van der Waals surface area contributed by atoms with Crippen LogP contribution in [0.5, 0.6) is 0 Å². The maximum absolute atomic E-state index is 12.0. The fraction of sp³-hybridized carbons (Fsp3) is 0.600. The van der Waals surface area contributed by atoms with Crippen molar-refractivity contribution in [3.8, 4) is 0 Å². The van der Waals surface area contributed by atoms with Gasteiger partial charge in [-0.1, -0.05) is 11.6 Å². The highest BCUT2D eigenvalue weighted by Crippen LogP contribution is 2.20. The van der Waals surface area contributed by atoms with E-state index in [9.17, 15) is 4.79 Å². The first-order valence-corrected chi connectivity index (χ1v) is 7.06. The fourth-order valence-corrected chi connectivity index (χ4v) is 2.76. The Morgan fingerprint density at radius 3 is 2.89 bits per heavy atom. The number of hydrogen-bond donors (Lipinski definition) is 2. The highest BCUT2D eigenvalue weighted by atomic mass is 16.1. The van der Waals surface area contributed by atoms with Crippen molar-refractivity contribution < 1.29 is 0 Å². The molecule has 2 N–H and O–H groups in total. The van der Waals surface area contributed by atoms with E-state index in [-0.39, 0.29) is 11.6 Å². The van der Waals surface area contributed by atoms with Crippen LogP contribution in [-0.4, -0.2) is 16.5 Å². The largest absolute Gasteiger partial charge is 0.310 e. The number of aromatic amines is 1. The third kappa shape index (κ3) is 3.53. The minimum Gasteiger partial charge on any atom is -0.310 e. The van der Waals surface area contributed by atoms with Crippen molar-refractivity contribution in [2.24, 2.45) is 0 Å². The van der Waals surface area contributed by atoms with Gasteiger partial charge in [-0.3, -0.25) is 4.79 Å². The van der Waals surface area contributed by atoms with Crippen LogP contribution in [0.1, 0.15) is 55.7 Å². The average molecular weight is 261 g/mol. The fourth-order valence-electron chi connectivity index (χ4n) is 2.76. The second-order valence-corrected chi connectivity index (χ2v) is 5.33. The summed E-state index contributed by atoms with van der Waals surface area (Å²) >= 11 is 0. The Bertz CT molecular complexity index is 531. The van der Waals surface area contributed by atoms with Crippen LogP contribution in [0, 0.1) is 13.8 Å². The van der Waals surface area contributed by atoms with Crippen LogP contribution in [-0.2, 0) is 0 Å². The molecule has 4 heteroatoms. The van der Waals surface area contributed by atoms with Crippen LogP contribution >= 0.6 is 0 Å². The van der Waals surface area contributed by atoms with Crippen LogP contribution in [0.3, 0.4) is 0 Å². The van der Waals surface area contributed by atoms with Gasteiger partial charge in [0.1, 0.15) is 5.82 Å². The molecule has 1 aromatic rings. The Morgan fingerprint density at radius 1 is 1.47 bits per heavy atom. The van der Waals surface area contributed by atoms with Crippen LogP contribution in [0.25, 0.3) is 0 Å². The predicted octanol–water partition coefficient (Wildman–Crippen LogP) is 2.54. The number of allylic oxidation sites excluding steroid dienone is 1. The number of hydrogen-bond acceptors (Lipinski definition) is 3. The quantitative estimate of drug-likeness (QED) is 0.801. The normalized spacial score (nSPS) is 16.5. The Morgan fingerprint density at radius 2 is 2.26 bits per heavy atom. The lowest BCUT2D eigenvalue weighted by Crippen LogP contribution is -2.28. The molecule has 1 unspecified atom stereocenters. The summed E-state index contributed by atoms with van der Waals surface area (Å²) in [5.74, 6) is 0.676. The van der Waals surface area contributed by atoms with Crippen molar-refractivity contribution in [2.45, 2.75) is 52.5 Å². The summed E-state index contributed by atoms with van der Waals surface area (Å²) in [6, 6.07) is 0.0406. The lowest BCUT2D eigenvalue weighted by Gasteiger charge is -2.15. The molecule has 1 aromatic heterocycles. The Balaban J connectivity index is 1.96. The zero-order valence-corrected chi connectivity index (χ0v) is 12.0. The molecule has 1 aliphatic carbocycles. The Labute approximate surface area is 114 Å². The van der Waals surface area contributed by atoms with Gasteiger partial charge in [0.05, 0.1) is 5.56 Å². The summed E-state index contributed by atoms with van der Waals surface area (Å²) in [6.07, 6.45) is 7.19. The number of aromatic nitrogens is 2. The van der Waals surface area contributed by atoms with Crippen molar-refractivity contribution in [1.82, 2.24) is 15.3 Å². The molecule has 1 aliphatic rings. The summed E-state index contributed by atoms with van der Waals surface area (Å²) in [7, 11) is 0. The Kier molecular flexibility index (Phi) is 4.53. The smallest absolute Gasteiger partial charge is 0.255 e. The third-order valence-electron chi connectivity index (χ3n) is 3.73. The molecule has 19 heavy (non-hydrogen) atoms. The number of H-pyrrole nitrogens is 1. The zero-order chi connectivity index (χ0) is 13.8. The molecule has 0 fully saturated rings. The topological polar surface area (TPSA) is 57.8 Å². The molecule has 0 saturated carbocycles. The minimum absolute atomic E-state index is 0.0231. The summed E-state index contributed by atoms with van der Waals surface area (Å²) in [5, 5.41) is 3.43. The first kappa shape index (κ1) is 14.0. The van der Waals surface area contributed by atoms with Crippen molar-refractivity contribution in [3.63, 3.8) is 0 Å². The van der Waals surface area contributed by atoms with E-state index in [1.807, 2.05) is 20.8 Å². The van der Waals surface area contributed by atoms with Gasteiger partial charge in [0.2, 0.25) is 0 Å². The lowest BCUT2D eigenvalue weighted by atomic mass is 10.1. The SMILES string of the molecule is Cc1nc(C)c(C(C)NCCC2=CCCC2)c(=O)[nH]1. The third-order valence-corrected chi connectivity index (χ3v) is 3.73. The summed E-state index contributed by atoms with van der Waals surface area (Å²) < 4.78 is 0. The number of rotatable bonds is 5. The van der Waals surface area contributed by atoms with Gasteiger partial charge in [0.15, 0.2) is 0 Å². The van der Waals surface area contributed by atoms with Gasteiger partial charge < -0.3 is 10.3 Å². The van der Waals surface area contributed by atoms with Crippen LogP contribution < -0.4 is 10.9 Å². The minimum atomic E-state index is -0.0231. The average Bonchev–Trinajstić information content (AvgIpc) is 2.80. The summed E-state index contributed by atoms with van der Waals surface area (Å²) in [5.41, 5.74) is 3.10. The monoisotopic (exact) mass is 261 g/mol. The van der Waals surface area contributed by atoms with Gasteiger partial charge in [-0.15, -0.1) is 0 Å². The van der Waals surface area contributed by atoms with E-state index in [4.69, 9.17) is 0 Å². The molecule has 0 saturated heterocycles. The molecule has 2 rings (SSSR count). The summed E-state index contributed by atoms with van der Waals surface area (Å²) in [4.78, 5) is 19.1. The highest BCUT2D eigenvalue weighted by Gasteiger charge is 2.14. The molecule has 0 radical (unpaired) electrons. The molecule has 0 aliphatic heterocycles. The van der Waals surface area contributed by atoms with Crippen molar-refractivity contribution >= 4 is 0 Å². The van der Waals surface area contributed by atoms with Gasteiger partial charge >= 0.3 is 0 Å². The maximum Gasteiger partial charge on any atom is 0.255 e. The number of nitrogens with one attached hydrogen (secondary N) is 2. The van der Waals surface area contributed by atoms with Crippen molar-refractivity contribution in [1.29, 1.82) is 0 Å². The van der Waals surface area contributed by atoms with E-state index in [0.29, 0.717) is 5.82 Å². The maximum atomic E-state index is 12.0. The second kappa shape index (κ2) is 6.15. The van der Waals surface area contributed by atoms with E-state index in [0.717, 1.165) is 24.2 Å². The lowest BCUT2D eigenvalue weighted by molar-refractivity contribution is 0.561. The van der Waals surface area contributed by atoms with Crippen molar-refractivity contribution in [2.75, 3.05) is 6.54 Å². The van der Waals surface area contributed by atoms with Crippen molar-refractivity contribution in [3.05, 3.63) is 39.1 Å². The molecule has 0 aromatic carbocycles. The first-order valence-electron chi connectivity index (χ1n) is 7.06. The van der Waals surface area contributed by atoms with E-state index < -0.39 is 0 Å². The molecule has 0 amide bonds. The first-order chi connectivity index (χ1) is 9.08.